The molecule has 0 amide bonds. The molecule has 1 rings (SSSR count). The molecular weight excluding hydrogens is 1110 g/mol. The van der Waals surface area contributed by atoms with Crippen molar-refractivity contribution in [3.05, 3.63) is 35.4 Å². The lowest BCUT2D eigenvalue weighted by Gasteiger charge is -2.31. The lowest BCUT2D eigenvalue weighted by Crippen LogP contribution is -2.46. The number of carbonyl (C=O) groups is 8. The summed E-state index contributed by atoms with van der Waals surface area (Å²) in [6.07, 6.45) is 0. The smallest absolute Gasteiger partial charge is 0.320 e. The molecule has 0 aliphatic carbocycles. The first-order chi connectivity index (χ1) is 38.8. The lowest BCUT2D eigenvalue weighted by atomic mass is 10.1. The third-order valence-electron chi connectivity index (χ3n) is 10.9. The first-order valence-electron chi connectivity index (χ1n) is 29.9. The second-order valence-corrected chi connectivity index (χ2v) is 29.9. The summed E-state index contributed by atoms with van der Waals surface area (Å²) >= 11 is 0. The van der Waals surface area contributed by atoms with Gasteiger partial charge in [0.1, 0.15) is 44.8 Å². The van der Waals surface area contributed by atoms with E-state index in [1.807, 2.05) is 24.3 Å². The molecule has 0 aliphatic rings. The number of rotatable bonds is 32. The number of nitrogens with zero attached hydrogens (tertiary/aromatic N) is 6. The molecule has 0 heterocycles. The summed E-state index contributed by atoms with van der Waals surface area (Å²) in [7, 11) is 0. The molecule has 0 radical (unpaired) electrons. The zero-order valence-electron chi connectivity index (χ0n) is 57.3. The summed E-state index contributed by atoms with van der Waals surface area (Å²) in [5, 5.41) is 0. The zero-order valence-corrected chi connectivity index (χ0v) is 57.3. The molecule has 0 aliphatic heterocycles. The molecule has 86 heavy (non-hydrogen) atoms. The number of benzene rings is 1. The molecule has 1 aromatic rings. The second-order valence-electron chi connectivity index (χ2n) is 29.9. The van der Waals surface area contributed by atoms with Crippen LogP contribution in [0.2, 0.25) is 0 Å². The maximum Gasteiger partial charge on any atom is 0.320 e. The average Bonchev–Trinajstić information content (AvgIpc) is 3.48. The van der Waals surface area contributed by atoms with Gasteiger partial charge >= 0.3 is 47.8 Å². The van der Waals surface area contributed by atoms with Gasteiger partial charge in [-0.05, 0) is 177 Å². The second kappa shape index (κ2) is 33.9. The minimum atomic E-state index is -0.786. The van der Waals surface area contributed by atoms with Gasteiger partial charge in [-0.2, -0.15) is 0 Å². The third-order valence-corrected chi connectivity index (χ3v) is 10.9. The van der Waals surface area contributed by atoms with Crippen LogP contribution in [0.4, 0.5) is 0 Å². The van der Waals surface area contributed by atoms with Gasteiger partial charge in [0.15, 0.2) is 0 Å². The van der Waals surface area contributed by atoms with Crippen molar-refractivity contribution in [3.8, 4) is 0 Å². The Morgan fingerprint density at radius 1 is 0.256 bits per heavy atom. The molecule has 0 bridgehead atoms. The van der Waals surface area contributed by atoms with Gasteiger partial charge in [-0.1, -0.05) is 24.3 Å². The Labute approximate surface area is 515 Å². The van der Waals surface area contributed by atoms with Crippen molar-refractivity contribution in [3.63, 3.8) is 0 Å². The molecule has 0 saturated heterocycles. The predicted molar refractivity (Wildman–Crippen MR) is 330 cm³/mol. The fourth-order valence-electron chi connectivity index (χ4n) is 8.32. The molecule has 0 unspecified atom stereocenters. The predicted octanol–water partition coefficient (Wildman–Crippen LogP) is 7.23. The third kappa shape index (κ3) is 43.4. The Balaban J connectivity index is 4.03. The molecule has 0 atom stereocenters. The quantitative estimate of drug-likeness (QED) is 0.0511. The van der Waals surface area contributed by atoms with Crippen molar-refractivity contribution in [2.75, 3.05) is 105 Å². The fourth-order valence-corrected chi connectivity index (χ4v) is 8.32. The van der Waals surface area contributed by atoms with Crippen molar-refractivity contribution < 1.29 is 76.3 Å². The van der Waals surface area contributed by atoms with Crippen molar-refractivity contribution in [1.82, 2.24) is 29.4 Å². The van der Waals surface area contributed by atoms with Gasteiger partial charge in [-0.15, -0.1) is 0 Å². The fraction of sp³-hybridized carbons (Fsp3) is 0.781. The molecule has 0 spiro atoms. The van der Waals surface area contributed by atoms with Gasteiger partial charge in [-0.25, -0.2) is 0 Å². The topological polar surface area (TPSA) is 230 Å². The van der Waals surface area contributed by atoms with Crippen LogP contribution in [0.15, 0.2) is 24.3 Å². The Bertz CT molecular complexity index is 1930. The molecular formula is C64H112N6O16. The van der Waals surface area contributed by atoms with Crippen LogP contribution < -0.4 is 0 Å². The van der Waals surface area contributed by atoms with E-state index in [1.165, 1.54) is 0 Å². The number of carbonyl (C=O) groups excluding carboxylic acids is 8. The minimum Gasteiger partial charge on any atom is -0.459 e. The summed E-state index contributed by atoms with van der Waals surface area (Å²) in [4.78, 5) is 118. The van der Waals surface area contributed by atoms with Gasteiger partial charge in [0.25, 0.3) is 0 Å². The van der Waals surface area contributed by atoms with E-state index < -0.39 is 92.6 Å². The maximum atomic E-state index is 13.4. The molecule has 0 N–H and O–H groups in total. The monoisotopic (exact) mass is 1220 g/mol. The maximum absolute atomic E-state index is 13.4. The number of esters is 8. The van der Waals surface area contributed by atoms with Crippen LogP contribution in [0.5, 0.6) is 0 Å². The highest BCUT2D eigenvalue weighted by molar-refractivity contribution is 5.77. The molecule has 0 saturated carbocycles. The number of hydrogen-bond donors (Lipinski definition) is 0. The SMILES string of the molecule is CC(C)(C)OC(=O)CN(CCN(CCN(CC(=O)OC(C)(C)C)CC(=O)OC(C)(C)C)Cc1cccc(CN(CCN(CC(=O)OC(C)(C)C)CC(=O)OC(C)(C)C)CCN(CC(=O)OC(C)(C)C)CC(=O)OC(C)(C)C)c1)CC(=O)OC(C)(C)C. The van der Waals surface area contributed by atoms with Crippen molar-refractivity contribution >= 4 is 47.8 Å². The van der Waals surface area contributed by atoms with Crippen molar-refractivity contribution in [1.29, 1.82) is 0 Å². The first-order valence-corrected chi connectivity index (χ1v) is 29.9. The van der Waals surface area contributed by atoms with Crippen LogP contribution >= 0.6 is 0 Å². The molecule has 0 aromatic heterocycles. The summed E-state index contributed by atoms with van der Waals surface area (Å²) in [6, 6.07) is 7.89. The van der Waals surface area contributed by atoms with Crippen LogP contribution in [0.25, 0.3) is 0 Å². The van der Waals surface area contributed by atoms with E-state index in [-0.39, 0.29) is 78.5 Å². The number of hydrogen-bond acceptors (Lipinski definition) is 22. The zero-order chi connectivity index (χ0) is 66.5. The normalized spacial score (nSPS) is 13.1. The van der Waals surface area contributed by atoms with Gasteiger partial charge in [0.05, 0.1) is 52.4 Å². The Morgan fingerprint density at radius 3 is 0.535 bits per heavy atom. The van der Waals surface area contributed by atoms with Gasteiger partial charge in [0.2, 0.25) is 0 Å². The van der Waals surface area contributed by atoms with E-state index in [2.05, 4.69) is 9.80 Å². The molecule has 22 nitrogen and oxygen atoms in total. The molecule has 22 heteroatoms. The first kappa shape index (κ1) is 78.8. The average molecular weight is 1220 g/mol. The van der Waals surface area contributed by atoms with E-state index >= 15 is 0 Å². The standard InChI is InChI=1S/C64H112N6O16/c1-57(2,3)79-49(71)39-67(40-50(72)80-58(4,5)6)32-28-65(29-33-68(41-51(73)81-59(7,8)9)42-52(74)82-60(10,11)12)37-47-26-25-27-48(36-47)38-66(30-34-69(43-53(75)83-61(13,14)15)44-54(76)84-62(16,17)18)31-35-70(45-55(77)85-63(19,20)21)46-56(78)86-64(22,23)24/h25-27,36H,28-35,37-46H2,1-24H3. The Kier molecular flexibility index (Phi) is 31.1. The summed E-state index contributed by atoms with van der Waals surface area (Å²) in [5.41, 5.74) is -4.55. The van der Waals surface area contributed by atoms with E-state index in [1.54, 1.807) is 186 Å². The van der Waals surface area contributed by atoms with Crippen LogP contribution in [-0.2, 0) is 89.3 Å². The largest absolute Gasteiger partial charge is 0.459 e. The van der Waals surface area contributed by atoms with Crippen molar-refractivity contribution in [2.45, 2.75) is 224 Å². The highest BCUT2D eigenvalue weighted by Crippen LogP contribution is 2.18. The van der Waals surface area contributed by atoms with Gasteiger partial charge in [-0.3, -0.25) is 67.8 Å². The molecule has 494 valence electrons. The summed E-state index contributed by atoms with van der Waals surface area (Å²) < 4.78 is 45.5. The summed E-state index contributed by atoms with van der Waals surface area (Å²) in [6.45, 7) is 43.3. The van der Waals surface area contributed by atoms with Gasteiger partial charge in [0, 0.05) is 65.4 Å². The van der Waals surface area contributed by atoms with Crippen LogP contribution in [-0.4, -0.2) is 227 Å². The minimum absolute atomic E-state index is 0.205. The van der Waals surface area contributed by atoms with Crippen LogP contribution in [0.3, 0.4) is 0 Å². The Hall–Kier alpha value is -5.26. The van der Waals surface area contributed by atoms with E-state index in [9.17, 15) is 38.4 Å². The van der Waals surface area contributed by atoms with Crippen LogP contribution in [0, 0.1) is 0 Å². The van der Waals surface area contributed by atoms with Gasteiger partial charge < -0.3 is 37.9 Å². The van der Waals surface area contributed by atoms with Crippen molar-refractivity contribution in [2.24, 2.45) is 0 Å². The van der Waals surface area contributed by atoms with E-state index in [0.29, 0.717) is 39.3 Å². The van der Waals surface area contributed by atoms with E-state index in [0.717, 1.165) is 11.1 Å². The lowest BCUT2D eigenvalue weighted by molar-refractivity contribution is -0.162. The molecule has 0 fully saturated rings. The number of ether oxygens (including phenoxy) is 8. The summed E-state index contributed by atoms with van der Waals surface area (Å²) in [5.74, 6) is -4.21. The van der Waals surface area contributed by atoms with E-state index in [4.69, 9.17) is 37.9 Å². The van der Waals surface area contributed by atoms with Crippen LogP contribution in [0.1, 0.15) is 177 Å². The Morgan fingerprint density at radius 2 is 0.395 bits per heavy atom. The highest BCUT2D eigenvalue weighted by Gasteiger charge is 2.30. The molecule has 1 aromatic carbocycles. The highest BCUT2D eigenvalue weighted by atomic mass is 16.6.